The molecular weight excluding hydrogens is 320 g/mol. The molecule has 1 atom stereocenters. The van der Waals surface area contributed by atoms with Crippen molar-refractivity contribution in [1.82, 2.24) is 10.2 Å². The van der Waals surface area contributed by atoms with Gasteiger partial charge < -0.3 is 5.32 Å². The minimum absolute atomic E-state index is 0.0376. The Morgan fingerprint density at radius 3 is 2.91 bits per heavy atom. The molecule has 6 nitrogen and oxygen atoms in total. The van der Waals surface area contributed by atoms with Gasteiger partial charge in [-0.1, -0.05) is 35.2 Å². The Kier molecular flexibility index (Phi) is 4.12. The molecule has 1 aliphatic rings. The summed E-state index contributed by atoms with van der Waals surface area (Å²) in [6.07, 6.45) is 0. The minimum Gasteiger partial charge on any atom is -0.323 e. The summed E-state index contributed by atoms with van der Waals surface area (Å²) in [5, 5.41) is 11.3. The lowest BCUT2D eigenvalue weighted by Crippen LogP contribution is -2.45. The molecule has 2 aromatic rings. The Balaban J connectivity index is 1.81. The third kappa shape index (κ3) is 2.97. The highest BCUT2D eigenvalue weighted by Gasteiger charge is 2.30. The Labute approximate surface area is 135 Å². The molecule has 0 spiro atoms. The smallest absolute Gasteiger partial charge is 0.244 e. The standard InChI is InChI=1S/C14H14N4O2S2/c1-8(21-14-17-16-9(2)22-14)13(20)18-7-12(19)15-10-5-3-4-6-11(10)18/h3-6,8H,7H2,1-2H3,(H,15,19)/t8-/m1/s1. The molecule has 0 fully saturated rings. The molecule has 0 aliphatic carbocycles. The first-order chi connectivity index (χ1) is 10.5. The van der Waals surface area contributed by atoms with Crippen LogP contribution in [-0.4, -0.2) is 33.8 Å². The van der Waals surface area contributed by atoms with Gasteiger partial charge in [0, 0.05) is 0 Å². The van der Waals surface area contributed by atoms with Crippen LogP contribution >= 0.6 is 23.1 Å². The average molecular weight is 334 g/mol. The fourth-order valence-corrected chi connectivity index (χ4v) is 4.20. The number of anilines is 2. The first-order valence-electron chi connectivity index (χ1n) is 6.71. The summed E-state index contributed by atoms with van der Waals surface area (Å²) in [7, 11) is 0. The fraction of sp³-hybridized carbons (Fsp3) is 0.286. The van der Waals surface area contributed by atoms with E-state index in [0.29, 0.717) is 5.69 Å². The molecular formula is C14H14N4O2S2. The molecule has 2 heterocycles. The van der Waals surface area contributed by atoms with Gasteiger partial charge in [-0.15, -0.1) is 10.2 Å². The number of hydrogen-bond acceptors (Lipinski definition) is 6. The summed E-state index contributed by atoms with van der Waals surface area (Å²) in [5.41, 5.74) is 1.39. The second-order valence-electron chi connectivity index (χ2n) is 4.84. The van der Waals surface area contributed by atoms with E-state index in [2.05, 4.69) is 15.5 Å². The monoisotopic (exact) mass is 334 g/mol. The van der Waals surface area contributed by atoms with Crippen LogP contribution in [0.25, 0.3) is 0 Å². The van der Waals surface area contributed by atoms with Crippen molar-refractivity contribution in [3.8, 4) is 0 Å². The number of carbonyl (C=O) groups excluding carboxylic acids is 2. The number of aromatic nitrogens is 2. The number of nitrogens with one attached hydrogen (secondary N) is 1. The van der Waals surface area contributed by atoms with Crippen LogP contribution in [0.3, 0.4) is 0 Å². The van der Waals surface area contributed by atoms with Gasteiger partial charge in [0.1, 0.15) is 11.6 Å². The number of benzene rings is 1. The van der Waals surface area contributed by atoms with Crippen LogP contribution in [0.4, 0.5) is 11.4 Å². The molecule has 1 aliphatic heterocycles. The molecule has 0 bridgehead atoms. The number of nitrogens with zero attached hydrogens (tertiary/aromatic N) is 3. The molecule has 114 valence electrons. The van der Waals surface area contributed by atoms with Crippen molar-refractivity contribution in [2.45, 2.75) is 23.4 Å². The zero-order valence-corrected chi connectivity index (χ0v) is 13.7. The highest BCUT2D eigenvalue weighted by atomic mass is 32.2. The summed E-state index contributed by atoms with van der Waals surface area (Å²) in [4.78, 5) is 26.0. The van der Waals surface area contributed by atoms with Crippen molar-refractivity contribution in [1.29, 1.82) is 0 Å². The quantitative estimate of drug-likeness (QED) is 0.872. The molecule has 3 rings (SSSR count). The van der Waals surface area contributed by atoms with Crippen molar-refractivity contribution >= 4 is 46.3 Å². The molecule has 0 saturated heterocycles. The van der Waals surface area contributed by atoms with E-state index in [1.807, 2.05) is 32.0 Å². The van der Waals surface area contributed by atoms with E-state index in [1.54, 1.807) is 6.07 Å². The number of thioether (sulfide) groups is 1. The number of amides is 2. The lowest BCUT2D eigenvalue weighted by molar-refractivity contribution is -0.121. The van der Waals surface area contributed by atoms with Gasteiger partial charge in [-0.25, -0.2) is 0 Å². The van der Waals surface area contributed by atoms with Crippen LogP contribution in [0.5, 0.6) is 0 Å². The van der Waals surface area contributed by atoms with E-state index in [-0.39, 0.29) is 23.6 Å². The van der Waals surface area contributed by atoms with Crippen molar-refractivity contribution in [3.63, 3.8) is 0 Å². The lowest BCUT2D eigenvalue weighted by atomic mass is 10.2. The second-order valence-corrected chi connectivity index (χ2v) is 7.61. The zero-order valence-electron chi connectivity index (χ0n) is 12.1. The maximum atomic E-state index is 12.7. The summed E-state index contributed by atoms with van der Waals surface area (Å²) in [6.45, 7) is 3.73. The first-order valence-corrected chi connectivity index (χ1v) is 8.41. The topological polar surface area (TPSA) is 75.2 Å². The van der Waals surface area contributed by atoms with Crippen LogP contribution < -0.4 is 10.2 Å². The molecule has 2 amide bonds. The largest absolute Gasteiger partial charge is 0.323 e. The number of carbonyl (C=O) groups is 2. The summed E-state index contributed by atoms with van der Waals surface area (Å²) in [6, 6.07) is 7.30. The van der Waals surface area contributed by atoms with Crippen LogP contribution in [0.15, 0.2) is 28.6 Å². The van der Waals surface area contributed by atoms with E-state index in [9.17, 15) is 9.59 Å². The molecule has 1 N–H and O–H groups in total. The lowest BCUT2D eigenvalue weighted by Gasteiger charge is -2.30. The van der Waals surface area contributed by atoms with Gasteiger partial charge >= 0.3 is 0 Å². The van der Waals surface area contributed by atoms with E-state index >= 15 is 0 Å². The van der Waals surface area contributed by atoms with Gasteiger partial charge in [0.05, 0.1) is 16.6 Å². The SMILES string of the molecule is Cc1nnc(S[C@H](C)C(=O)N2CC(=O)Nc3ccccc32)s1. The van der Waals surface area contributed by atoms with E-state index in [0.717, 1.165) is 15.0 Å². The summed E-state index contributed by atoms with van der Waals surface area (Å²) < 4.78 is 0.757. The Hall–Kier alpha value is -1.93. The number of rotatable bonds is 3. The molecule has 0 unspecified atom stereocenters. The number of aryl methyl sites for hydroxylation is 1. The van der Waals surface area contributed by atoms with Gasteiger partial charge in [0.25, 0.3) is 0 Å². The van der Waals surface area contributed by atoms with Crippen LogP contribution in [-0.2, 0) is 9.59 Å². The van der Waals surface area contributed by atoms with E-state index in [1.165, 1.54) is 28.0 Å². The van der Waals surface area contributed by atoms with Crippen molar-refractivity contribution in [2.75, 3.05) is 16.8 Å². The van der Waals surface area contributed by atoms with Crippen molar-refractivity contribution in [3.05, 3.63) is 29.3 Å². The Morgan fingerprint density at radius 1 is 1.41 bits per heavy atom. The highest BCUT2D eigenvalue weighted by Crippen LogP contribution is 2.32. The predicted molar refractivity (Wildman–Crippen MR) is 87.4 cm³/mol. The number of para-hydroxylation sites is 2. The van der Waals surface area contributed by atoms with Crippen LogP contribution in [0.1, 0.15) is 11.9 Å². The normalized spacial score (nSPS) is 15.2. The number of fused-ring (bicyclic) bond motifs is 1. The Morgan fingerprint density at radius 2 is 2.18 bits per heavy atom. The van der Waals surface area contributed by atoms with Crippen LogP contribution in [0.2, 0.25) is 0 Å². The van der Waals surface area contributed by atoms with Gasteiger partial charge in [0.15, 0.2) is 4.34 Å². The van der Waals surface area contributed by atoms with E-state index in [4.69, 9.17) is 0 Å². The summed E-state index contributed by atoms with van der Waals surface area (Å²) in [5.74, 6) is -0.295. The maximum Gasteiger partial charge on any atom is 0.244 e. The molecule has 1 aromatic carbocycles. The molecule has 22 heavy (non-hydrogen) atoms. The molecule has 0 saturated carbocycles. The predicted octanol–water partition coefficient (Wildman–Crippen LogP) is 2.31. The summed E-state index contributed by atoms with van der Waals surface area (Å²) >= 11 is 2.82. The molecule has 0 radical (unpaired) electrons. The second kappa shape index (κ2) is 6.05. The van der Waals surface area contributed by atoms with Gasteiger partial charge in [-0.05, 0) is 26.0 Å². The van der Waals surface area contributed by atoms with Gasteiger partial charge in [0.2, 0.25) is 11.8 Å². The molecule has 1 aromatic heterocycles. The minimum atomic E-state index is -0.341. The zero-order chi connectivity index (χ0) is 15.7. The highest BCUT2D eigenvalue weighted by molar-refractivity contribution is 8.02. The number of hydrogen-bond donors (Lipinski definition) is 1. The average Bonchev–Trinajstić information content (AvgIpc) is 2.90. The first kappa shape index (κ1) is 15.0. The van der Waals surface area contributed by atoms with Gasteiger partial charge in [-0.3, -0.25) is 14.5 Å². The third-order valence-corrected chi connectivity index (χ3v) is 5.18. The van der Waals surface area contributed by atoms with Crippen molar-refractivity contribution in [2.24, 2.45) is 0 Å². The van der Waals surface area contributed by atoms with Crippen LogP contribution in [0, 0.1) is 6.92 Å². The molecule has 8 heteroatoms. The van der Waals surface area contributed by atoms with E-state index < -0.39 is 0 Å². The Bertz CT molecular complexity index is 731. The fourth-order valence-electron chi connectivity index (χ4n) is 2.18. The van der Waals surface area contributed by atoms with Gasteiger partial charge in [-0.2, -0.15) is 0 Å². The van der Waals surface area contributed by atoms with Crippen molar-refractivity contribution < 1.29 is 9.59 Å². The third-order valence-electron chi connectivity index (χ3n) is 3.17. The maximum absolute atomic E-state index is 12.7.